The fourth-order valence-corrected chi connectivity index (χ4v) is 3.26. The van der Waals surface area contributed by atoms with Crippen molar-refractivity contribution < 1.29 is 19.8 Å². The number of aliphatic hydroxyl groups is 1. The van der Waals surface area contributed by atoms with Crippen LogP contribution < -0.4 is 11.1 Å². The van der Waals surface area contributed by atoms with Gasteiger partial charge in [-0.25, -0.2) is 0 Å². The summed E-state index contributed by atoms with van der Waals surface area (Å²) in [5, 5.41) is 23.3. The molecule has 1 aliphatic carbocycles. The molecule has 0 fully saturated rings. The number of nitrogen functional groups attached to an aromatic ring is 1. The summed E-state index contributed by atoms with van der Waals surface area (Å²) in [7, 11) is 0. The van der Waals surface area contributed by atoms with Crippen molar-refractivity contribution in [2.24, 2.45) is 0 Å². The third-order valence-corrected chi connectivity index (χ3v) is 4.62. The Bertz CT molecular complexity index is 876. The second kappa shape index (κ2) is 7.17. The van der Waals surface area contributed by atoms with Gasteiger partial charge in [0.1, 0.15) is 12.0 Å². The van der Waals surface area contributed by atoms with Crippen LogP contribution in [0.1, 0.15) is 64.4 Å². The quantitative estimate of drug-likeness (QED) is 0.234. The summed E-state index contributed by atoms with van der Waals surface area (Å²) in [5.74, 6) is -1.17. The SMILES string of the molecule is CCCCCC(O)Nc1cc(O)c2c(c1N)C(=O)c1ccccc1C2=O. The van der Waals surface area contributed by atoms with Gasteiger partial charge in [-0.15, -0.1) is 0 Å². The Morgan fingerprint density at radius 2 is 1.69 bits per heavy atom. The van der Waals surface area contributed by atoms with Crippen molar-refractivity contribution in [2.75, 3.05) is 11.1 Å². The maximum atomic E-state index is 12.8. The van der Waals surface area contributed by atoms with E-state index >= 15 is 0 Å². The number of aliphatic hydroxyl groups excluding tert-OH is 1. The van der Waals surface area contributed by atoms with Gasteiger partial charge in [-0.2, -0.15) is 0 Å². The first-order valence-corrected chi connectivity index (χ1v) is 8.74. The average molecular weight is 354 g/mol. The number of benzene rings is 2. The van der Waals surface area contributed by atoms with Crippen LogP contribution in [0.3, 0.4) is 0 Å². The zero-order chi connectivity index (χ0) is 18.8. The van der Waals surface area contributed by atoms with Gasteiger partial charge in [-0.3, -0.25) is 9.59 Å². The van der Waals surface area contributed by atoms with E-state index in [1.807, 2.05) is 0 Å². The summed E-state index contributed by atoms with van der Waals surface area (Å²) < 4.78 is 0. The maximum absolute atomic E-state index is 12.8. The first-order chi connectivity index (χ1) is 12.5. The van der Waals surface area contributed by atoms with Crippen molar-refractivity contribution in [3.05, 3.63) is 52.6 Å². The molecule has 1 unspecified atom stereocenters. The van der Waals surface area contributed by atoms with Gasteiger partial charge in [0.05, 0.1) is 22.5 Å². The molecule has 1 aliphatic rings. The van der Waals surface area contributed by atoms with E-state index in [0.717, 1.165) is 19.3 Å². The number of unbranched alkanes of at least 4 members (excludes halogenated alkanes) is 2. The molecule has 5 N–H and O–H groups in total. The van der Waals surface area contributed by atoms with E-state index in [1.165, 1.54) is 6.07 Å². The largest absolute Gasteiger partial charge is 0.507 e. The van der Waals surface area contributed by atoms with Crippen LogP contribution in [0, 0.1) is 0 Å². The molecule has 1 atom stereocenters. The van der Waals surface area contributed by atoms with Crippen LogP contribution in [0.5, 0.6) is 5.75 Å². The lowest BCUT2D eigenvalue weighted by Gasteiger charge is -2.23. The Kier molecular flexibility index (Phi) is 4.95. The number of hydrogen-bond donors (Lipinski definition) is 4. The van der Waals surface area contributed by atoms with Crippen molar-refractivity contribution in [3.8, 4) is 5.75 Å². The first kappa shape index (κ1) is 17.9. The van der Waals surface area contributed by atoms with Gasteiger partial charge in [0.2, 0.25) is 0 Å². The Morgan fingerprint density at radius 1 is 1.08 bits per heavy atom. The molecule has 6 heteroatoms. The molecular weight excluding hydrogens is 332 g/mol. The number of phenols is 1. The lowest BCUT2D eigenvalue weighted by Crippen LogP contribution is -2.25. The lowest BCUT2D eigenvalue weighted by atomic mass is 9.82. The number of nitrogens with two attached hydrogens (primary N) is 1. The minimum atomic E-state index is -0.858. The number of carbonyl (C=O) groups excluding carboxylic acids is 2. The highest BCUT2D eigenvalue weighted by Crippen LogP contribution is 2.40. The topological polar surface area (TPSA) is 113 Å². The van der Waals surface area contributed by atoms with Gasteiger partial charge in [0.25, 0.3) is 0 Å². The number of fused-ring (bicyclic) bond motifs is 2. The minimum Gasteiger partial charge on any atom is -0.507 e. The van der Waals surface area contributed by atoms with Crippen LogP contribution in [-0.4, -0.2) is 28.0 Å². The minimum absolute atomic E-state index is 0.0167. The third kappa shape index (κ3) is 3.04. The summed E-state index contributed by atoms with van der Waals surface area (Å²) >= 11 is 0. The molecule has 0 radical (unpaired) electrons. The number of phenolic OH excluding ortho intramolecular Hbond substituents is 1. The molecule has 0 bridgehead atoms. The molecule has 2 aromatic carbocycles. The fourth-order valence-electron chi connectivity index (χ4n) is 3.26. The fraction of sp³-hybridized carbons (Fsp3) is 0.300. The first-order valence-electron chi connectivity index (χ1n) is 8.74. The molecule has 0 saturated carbocycles. The molecule has 26 heavy (non-hydrogen) atoms. The number of nitrogens with one attached hydrogen (secondary N) is 1. The highest BCUT2D eigenvalue weighted by molar-refractivity contribution is 6.31. The second-order valence-corrected chi connectivity index (χ2v) is 6.47. The molecule has 2 aromatic rings. The molecule has 0 spiro atoms. The molecule has 0 heterocycles. The summed E-state index contributed by atoms with van der Waals surface area (Å²) in [6, 6.07) is 7.74. The summed E-state index contributed by atoms with van der Waals surface area (Å²) in [5.41, 5.74) is 6.83. The van der Waals surface area contributed by atoms with Crippen LogP contribution in [0.25, 0.3) is 0 Å². The van der Waals surface area contributed by atoms with E-state index < -0.39 is 17.8 Å². The van der Waals surface area contributed by atoms with Crippen molar-refractivity contribution in [3.63, 3.8) is 0 Å². The van der Waals surface area contributed by atoms with E-state index in [0.29, 0.717) is 6.42 Å². The average Bonchev–Trinajstić information content (AvgIpc) is 2.62. The van der Waals surface area contributed by atoms with Crippen LogP contribution in [-0.2, 0) is 0 Å². The Hall–Kier alpha value is -2.86. The lowest BCUT2D eigenvalue weighted by molar-refractivity contribution is 0.0977. The van der Waals surface area contributed by atoms with Crippen molar-refractivity contribution in [2.45, 2.75) is 38.8 Å². The van der Waals surface area contributed by atoms with E-state index in [4.69, 9.17) is 5.73 Å². The smallest absolute Gasteiger partial charge is 0.198 e. The van der Waals surface area contributed by atoms with Gasteiger partial charge in [0.15, 0.2) is 11.6 Å². The van der Waals surface area contributed by atoms with Gasteiger partial charge in [-0.1, -0.05) is 44.0 Å². The number of rotatable bonds is 6. The van der Waals surface area contributed by atoms with Gasteiger partial charge in [0, 0.05) is 17.2 Å². The van der Waals surface area contributed by atoms with Crippen molar-refractivity contribution in [1.29, 1.82) is 0 Å². The zero-order valence-electron chi connectivity index (χ0n) is 14.6. The number of anilines is 2. The van der Waals surface area contributed by atoms with Crippen LogP contribution in [0.4, 0.5) is 11.4 Å². The third-order valence-electron chi connectivity index (χ3n) is 4.62. The van der Waals surface area contributed by atoms with E-state index in [2.05, 4.69) is 12.2 Å². The second-order valence-electron chi connectivity index (χ2n) is 6.47. The molecule has 0 amide bonds. The standard InChI is InChI=1S/C20H22N2O4/c1-2-3-4-9-15(24)22-13-10-14(23)16-17(18(13)21)20(26)12-8-6-5-7-11(12)19(16)25/h5-8,10,15,22-24H,2-4,9,21H2,1H3. The molecule has 3 rings (SSSR count). The van der Waals surface area contributed by atoms with E-state index in [-0.39, 0.29) is 39.4 Å². The molecular formula is C20H22N2O4. The predicted octanol–water partition coefficient (Wildman–Crippen LogP) is 3.06. The highest BCUT2D eigenvalue weighted by atomic mass is 16.3. The molecule has 136 valence electrons. The Morgan fingerprint density at radius 3 is 2.31 bits per heavy atom. The monoisotopic (exact) mass is 354 g/mol. The summed E-state index contributed by atoms with van der Waals surface area (Å²) in [6.07, 6.45) is 2.52. The number of aromatic hydroxyl groups is 1. The van der Waals surface area contributed by atoms with Crippen LogP contribution in [0.2, 0.25) is 0 Å². The summed E-state index contributed by atoms with van der Waals surface area (Å²) in [6.45, 7) is 2.07. The van der Waals surface area contributed by atoms with Crippen molar-refractivity contribution >= 4 is 22.9 Å². The predicted molar refractivity (Wildman–Crippen MR) is 99.6 cm³/mol. The molecule has 0 aromatic heterocycles. The van der Waals surface area contributed by atoms with Crippen LogP contribution in [0.15, 0.2) is 30.3 Å². The zero-order valence-corrected chi connectivity index (χ0v) is 14.6. The highest BCUT2D eigenvalue weighted by Gasteiger charge is 2.34. The van der Waals surface area contributed by atoms with E-state index in [1.54, 1.807) is 24.3 Å². The van der Waals surface area contributed by atoms with E-state index in [9.17, 15) is 19.8 Å². The van der Waals surface area contributed by atoms with Gasteiger partial charge < -0.3 is 21.3 Å². The summed E-state index contributed by atoms with van der Waals surface area (Å²) in [4.78, 5) is 25.5. The maximum Gasteiger partial charge on any atom is 0.198 e. The number of carbonyl (C=O) groups is 2. The molecule has 0 saturated heterocycles. The van der Waals surface area contributed by atoms with Gasteiger partial charge in [-0.05, 0) is 12.8 Å². The van der Waals surface area contributed by atoms with Crippen LogP contribution >= 0.6 is 0 Å². The number of hydrogen-bond acceptors (Lipinski definition) is 6. The van der Waals surface area contributed by atoms with Crippen molar-refractivity contribution in [1.82, 2.24) is 0 Å². The molecule has 6 nitrogen and oxygen atoms in total. The number of ketones is 2. The molecule has 0 aliphatic heterocycles. The Balaban J connectivity index is 1.99. The van der Waals surface area contributed by atoms with Gasteiger partial charge >= 0.3 is 0 Å². The normalized spacial score (nSPS) is 13.9. The Labute approximate surface area is 151 Å².